The second kappa shape index (κ2) is 10.6. The van der Waals surface area contributed by atoms with Crippen LogP contribution in [0.1, 0.15) is 78.6 Å². The molecule has 4 fully saturated rings. The molecule has 1 aromatic rings. The molecule has 5 rings (SSSR count). The van der Waals surface area contributed by atoms with Crippen molar-refractivity contribution >= 4 is 61.6 Å². The van der Waals surface area contributed by atoms with Crippen molar-refractivity contribution in [1.82, 2.24) is 0 Å². The highest BCUT2D eigenvalue weighted by molar-refractivity contribution is 14.1. The number of nitrogens with one attached hydrogen (secondary N) is 1. The number of ketones is 3. The lowest BCUT2D eigenvalue weighted by Gasteiger charge is -2.58. The van der Waals surface area contributed by atoms with Crippen LogP contribution in [0.25, 0.3) is 0 Å². The third-order valence-electron chi connectivity index (χ3n) is 11.3. The highest BCUT2D eigenvalue weighted by Gasteiger charge is 2.66. The lowest BCUT2D eigenvalue weighted by Crippen LogP contribution is -2.60. The topological polar surface area (TPSA) is 140 Å². The van der Waals surface area contributed by atoms with Gasteiger partial charge in [0.25, 0.3) is 0 Å². The summed E-state index contributed by atoms with van der Waals surface area (Å²) >= 11 is 1.88. The minimum atomic E-state index is -3.83. The zero-order chi connectivity index (χ0) is 29.2. The van der Waals surface area contributed by atoms with Gasteiger partial charge >= 0.3 is 0 Å². The maximum atomic E-state index is 14.0. The molecule has 0 heterocycles. The quantitative estimate of drug-likeness (QED) is 0.410. The lowest BCUT2D eigenvalue weighted by atomic mass is 9.44. The second-order valence-corrected chi connectivity index (χ2v) is 15.9. The van der Waals surface area contributed by atoms with Gasteiger partial charge in [-0.05, 0) is 101 Å². The Bertz CT molecular complexity index is 1380. The summed E-state index contributed by atoms with van der Waals surface area (Å²) in [5.74, 6) is 0.830. The average Bonchev–Trinajstić information content (AvgIpc) is 3.22. The SMILES string of the molecule is C[C@H](CCC(=O)Nc1ccc(S(N)(=O)=O)c(I)c1)[C@H]1CC[C@H]2[C@@H]3C(=O)C[C@@H]4CC(=O)CC[C@]4(C)[C@H]3CC(=O)[C@]12C. The van der Waals surface area contributed by atoms with Gasteiger partial charge in [0.2, 0.25) is 15.9 Å². The Morgan fingerprint density at radius 2 is 1.85 bits per heavy atom. The molecule has 0 saturated heterocycles. The van der Waals surface area contributed by atoms with Crippen LogP contribution in [0.5, 0.6) is 0 Å². The number of amides is 1. The van der Waals surface area contributed by atoms with Crippen LogP contribution in [0, 0.1) is 49.9 Å². The number of carbonyl (C=O) groups is 4. The van der Waals surface area contributed by atoms with Crippen LogP contribution in [-0.4, -0.2) is 31.7 Å². The number of sulfonamides is 1. The van der Waals surface area contributed by atoms with Crippen LogP contribution in [0.4, 0.5) is 5.69 Å². The van der Waals surface area contributed by atoms with Gasteiger partial charge in [0.05, 0.1) is 4.90 Å². The van der Waals surface area contributed by atoms with Crippen molar-refractivity contribution in [3.8, 4) is 0 Å². The van der Waals surface area contributed by atoms with Gasteiger partial charge < -0.3 is 5.32 Å². The molecule has 1 aromatic carbocycles. The lowest BCUT2D eigenvalue weighted by molar-refractivity contribution is -0.166. The molecule has 0 bridgehead atoms. The summed E-state index contributed by atoms with van der Waals surface area (Å²) in [7, 11) is -3.83. The molecule has 218 valence electrons. The van der Waals surface area contributed by atoms with E-state index in [1.165, 1.54) is 12.1 Å². The second-order valence-electron chi connectivity index (χ2n) is 13.2. The van der Waals surface area contributed by atoms with Crippen LogP contribution in [0.3, 0.4) is 0 Å². The van der Waals surface area contributed by atoms with Crippen molar-refractivity contribution < 1.29 is 27.6 Å². The average molecular weight is 683 g/mol. The molecule has 4 aliphatic rings. The van der Waals surface area contributed by atoms with Crippen LogP contribution in [0.15, 0.2) is 23.1 Å². The molecule has 0 aliphatic heterocycles. The van der Waals surface area contributed by atoms with Crippen molar-refractivity contribution in [1.29, 1.82) is 0 Å². The number of halogens is 1. The van der Waals surface area contributed by atoms with E-state index >= 15 is 0 Å². The van der Waals surface area contributed by atoms with Crippen LogP contribution in [0.2, 0.25) is 0 Å². The van der Waals surface area contributed by atoms with E-state index < -0.39 is 15.4 Å². The Balaban J connectivity index is 1.26. The first-order valence-electron chi connectivity index (χ1n) is 14.4. The predicted molar refractivity (Wildman–Crippen MR) is 159 cm³/mol. The Hall–Kier alpha value is -1.66. The monoisotopic (exact) mass is 682 g/mol. The summed E-state index contributed by atoms with van der Waals surface area (Å²) in [6.07, 6.45) is 5.30. The summed E-state index contributed by atoms with van der Waals surface area (Å²) in [6, 6.07) is 4.49. The van der Waals surface area contributed by atoms with Gasteiger partial charge in [-0.2, -0.15) is 0 Å². The first-order chi connectivity index (χ1) is 18.7. The normalized spacial score (nSPS) is 36.4. The molecule has 0 spiro atoms. The molecule has 10 heteroatoms. The molecule has 8 nitrogen and oxygen atoms in total. The Kier molecular flexibility index (Phi) is 7.87. The first kappa shape index (κ1) is 29.8. The number of carbonyl (C=O) groups excluding carboxylic acids is 4. The van der Waals surface area contributed by atoms with Crippen molar-refractivity contribution in [3.05, 3.63) is 21.8 Å². The van der Waals surface area contributed by atoms with Gasteiger partial charge in [-0.15, -0.1) is 0 Å². The highest BCUT2D eigenvalue weighted by atomic mass is 127. The fraction of sp³-hybridized carbons (Fsp3) is 0.667. The number of nitrogens with two attached hydrogens (primary N) is 1. The molecule has 4 aliphatic carbocycles. The molecular formula is C30H39IN2O6S. The molecule has 0 aromatic heterocycles. The molecule has 8 atom stereocenters. The van der Waals surface area contributed by atoms with Gasteiger partial charge in [-0.1, -0.05) is 20.8 Å². The Labute approximate surface area is 250 Å². The maximum Gasteiger partial charge on any atom is 0.239 e. The molecule has 1 amide bonds. The fourth-order valence-corrected chi connectivity index (χ4v) is 11.0. The standard InChI is InChI=1S/C30H39IN2O6S/c1-16(4-9-27(37)33-18-5-8-25(23(31)14-18)40(32,38)39)20-6-7-21-28-22(15-26(36)30(20,21)3)29(2)11-10-19(34)12-17(29)13-24(28)35/h5,8,14,16-17,20-22,28H,4,6-7,9-13,15H2,1-3H3,(H,33,37)(H2,32,38,39)/t16-,17+,20-,21+,22+,28+,29+,30-/m1/s1. The summed E-state index contributed by atoms with van der Waals surface area (Å²) in [6.45, 7) is 6.41. The van der Waals surface area contributed by atoms with Crippen molar-refractivity contribution in [3.63, 3.8) is 0 Å². The van der Waals surface area contributed by atoms with E-state index in [1.807, 2.05) is 22.6 Å². The highest BCUT2D eigenvalue weighted by Crippen LogP contribution is 2.66. The summed E-state index contributed by atoms with van der Waals surface area (Å²) in [5.41, 5.74) is -0.196. The molecule has 3 N–H and O–H groups in total. The van der Waals surface area contributed by atoms with Crippen molar-refractivity contribution in [2.24, 2.45) is 51.5 Å². The molecule has 0 unspecified atom stereocenters. The zero-order valence-corrected chi connectivity index (χ0v) is 26.3. The summed E-state index contributed by atoms with van der Waals surface area (Å²) < 4.78 is 23.7. The van der Waals surface area contributed by atoms with Gasteiger partial charge in [0.1, 0.15) is 17.3 Å². The Morgan fingerprint density at radius 3 is 2.52 bits per heavy atom. The van der Waals surface area contributed by atoms with Gasteiger partial charge in [0.15, 0.2) is 0 Å². The molecule has 4 saturated carbocycles. The minimum absolute atomic E-state index is 0.0149. The van der Waals surface area contributed by atoms with E-state index in [0.29, 0.717) is 41.4 Å². The number of fused-ring (bicyclic) bond motifs is 5. The molecular weight excluding hydrogens is 643 g/mol. The van der Waals surface area contributed by atoms with E-state index in [0.717, 1.165) is 19.3 Å². The third-order valence-corrected chi connectivity index (χ3v) is 13.5. The van der Waals surface area contributed by atoms with E-state index in [-0.39, 0.29) is 75.5 Å². The number of hydrogen-bond acceptors (Lipinski definition) is 6. The van der Waals surface area contributed by atoms with Gasteiger partial charge in [-0.25, -0.2) is 13.6 Å². The fourth-order valence-electron chi connectivity index (χ4n) is 8.98. The summed E-state index contributed by atoms with van der Waals surface area (Å²) in [5, 5.41) is 8.07. The van der Waals surface area contributed by atoms with Crippen molar-refractivity contribution in [2.75, 3.05) is 5.32 Å². The predicted octanol–water partition coefficient (Wildman–Crippen LogP) is 4.88. The first-order valence-corrected chi connectivity index (χ1v) is 17.0. The maximum absolute atomic E-state index is 14.0. The Morgan fingerprint density at radius 1 is 1.12 bits per heavy atom. The van der Waals surface area contributed by atoms with Crippen LogP contribution >= 0.6 is 22.6 Å². The number of primary sulfonamides is 1. The minimum Gasteiger partial charge on any atom is -0.326 e. The number of hydrogen-bond donors (Lipinski definition) is 2. The van der Waals surface area contributed by atoms with E-state index in [9.17, 15) is 27.6 Å². The number of rotatable bonds is 6. The molecule has 0 radical (unpaired) electrons. The van der Waals surface area contributed by atoms with Crippen LogP contribution < -0.4 is 10.5 Å². The van der Waals surface area contributed by atoms with E-state index in [4.69, 9.17) is 5.14 Å². The van der Waals surface area contributed by atoms with E-state index in [2.05, 4.69) is 26.1 Å². The number of benzene rings is 1. The number of anilines is 1. The van der Waals surface area contributed by atoms with Crippen molar-refractivity contribution in [2.45, 2.75) is 83.5 Å². The zero-order valence-electron chi connectivity index (χ0n) is 23.4. The van der Waals surface area contributed by atoms with Crippen LogP contribution in [-0.2, 0) is 29.2 Å². The third kappa shape index (κ3) is 4.99. The van der Waals surface area contributed by atoms with Gasteiger partial charge in [0, 0.05) is 52.7 Å². The molecule has 40 heavy (non-hydrogen) atoms. The number of Topliss-reactive ketones (excluding diaryl/α,β-unsaturated/α-hetero) is 3. The summed E-state index contributed by atoms with van der Waals surface area (Å²) in [4.78, 5) is 52.5. The van der Waals surface area contributed by atoms with E-state index in [1.54, 1.807) is 6.07 Å². The smallest absolute Gasteiger partial charge is 0.239 e. The van der Waals surface area contributed by atoms with Gasteiger partial charge in [-0.3, -0.25) is 19.2 Å². The largest absolute Gasteiger partial charge is 0.326 e.